The number of carbonyl (C=O) groups excluding carboxylic acids is 1. The van der Waals surface area contributed by atoms with Crippen LogP contribution >= 0.6 is 23.1 Å². The van der Waals surface area contributed by atoms with Crippen LogP contribution in [-0.2, 0) is 0 Å². The van der Waals surface area contributed by atoms with Gasteiger partial charge in [-0.15, -0.1) is 11.3 Å². The number of hydrogen-bond acceptors (Lipinski definition) is 4. The van der Waals surface area contributed by atoms with Crippen LogP contribution in [0, 0.1) is 11.6 Å². The smallest absolute Gasteiger partial charge is 0.187 e. The second-order valence-electron chi connectivity index (χ2n) is 4.69. The molecular formula is C21H16F2NO3S2+. The molecular weight excluding hydrogens is 416 g/mol. The molecule has 0 unspecified atom stereocenters. The molecule has 0 saturated heterocycles. The van der Waals surface area contributed by atoms with Crippen molar-refractivity contribution >= 4 is 34.6 Å². The van der Waals surface area contributed by atoms with Gasteiger partial charge in [0.1, 0.15) is 15.8 Å². The van der Waals surface area contributed by atoms with Gasteiger partial charge in [-0.3, -0.25) is 4.79 Å². The van der Waals surface area contributed by atoms with E-state index in [0.717, 1.165) is 40.7 Å². The Morgan fingerprint density at radius 3 is 2.17 bits per heavy atom. The van der Waals surface area contributed by atoms with E-state index in [9.17, 15) is 13.6 Å². The van der Waals surface area contributed by atoms with Crippen LogP contribution in [0.4, 0.5) is 14.5 Å². The summed E-state index contributed by atoms with van der Waals surface area (Å²) in [6.45, 7) is 7.94. The summed E-state index contributed by atoms with van der Waals surface area (Å²) < 4.78 is 26.9. The van der Waals surface area contributed by atoms with Gasteiger partial charge in [0.05, 0.1) is 4.88 Å². The van der Waals surface area contributed by atoms with Crippen LogP contribution < -0.4 is 5.48 Å². The van der Waals surface area contributed by atoms with Gasteiger partial charge >= 0.3 is 0 Å². The molecule has 0 spiro atoms. The van der Waals surface area contributed by atoms with E-state index in [0.29, 0.717) is 14.8 Å². The Hall–Kier alpha value is -3.12. The van der Waals surface area contributed by atoms with Crippen molar-refractivity contribution in [3.8, 4) is 0 Å². The Morgan fingerprint density at radius 1 is 1.10 bits per heavy atom. The second kappa shape index (κ2) is 14.0. The van der Waals surface area contributed by atoms with Crippen molar-refractivity contribution in [3.05, 3.63) is 94.1 Å². The molecule has 0 atom stereocenters. The minimum absolute atomic E-state index is 0. The highest BCUT2D eigenvalue weighted by Crippen LogP contribution is 2.39. The van der Waals surface area contributed by atoms with E-state index in [1.165, 1.54) is 19.1 Å². The van der Waals surface area contributed by atoms with E-state index >= 15 is 0 Å². The van der Waals surface area contributed by atoms with Gasteiger partial charge in [0.25, 0.3) is 0 Å². The van der Waals surface area contributed by atoms with Crippen molar-refractivity contribution in [2.75, 3.05) is 0 Å². The summed E-state index contributed by atoms with van der Waals surface area (Å²) in [4.78, 5) is 12.0. The van der Waals surface area contributed by atoms with Crippen LogP contribution in [0.3, 0.4) is 0 Å². The first-order valence-corrected chi connectivity index (χ1v) is 9.10. The number of carbonyl (C=O) groups is 1. The molecule has 8 heteroatoms. The fraction of sp³-hybridized carbons (Fsp3) is 0.0476. The Morgan fingerprint density at radius 2 is 1.69 bits per heavy atom. The number of hydrogen-bond donors (Lipinski definition) is 2. The van der Waals surface area contributed by atoms with E-state index in [1.54, 1.807) is 0 Å². The van der Waals surface area contributed by atoms with Crippen LogP contribution in [0.15, 0.2) is 86.6 Å². The van der Waals surface area contributed by atoms with Crippen LogP contribution in [-0.4, -0.2) is 16.5 Å². The van der Waals surface area contributed by atoms with E-state index in [1.807, 2.05) is 0 Å². The van der Waals surface area contributed by atoms with Crippen molar-refractivity contribution in [2.24, 2.45) is 0 Å². The molecule has 2 aromatic rings. The largest absolute Gasteiger partial charge is 0.412 e. The first-order valence-electron chi connectivity index (χ1n) is 7.47. The van der Waals surface area contributed by atoms with Crippen molar-refractivity contribution in [2.45, 2.75) is 16.0 Å². The lowest BCUT2D eigenvalue weighted by atomic mass is 10.3. The highest BCUT2D eigenvalue weighted by atomic mass is 32.2. The Balaban J connectivity index is 0.000000672. The lowest BCUT2D eigenvalue weighted by molar-refractivity contribution is -0.827. The quantitative estimate of drug-likeness (QED) is 0.435. The van der Waals surface area contributed by atoms with Crippen LogP contribution in [0.1, 0.15) is 16.6 Å². The topological polar surface area (TPSA) is 85.4 Å². The molecule has 0 radical (unpaired) electrons. The lowest BCUT2D eigenvalue weighted by Crippen LogP contribution is -2.73. The summed E-state index contributed by atoms with van der Waals surface area (Å²) in [5.74, 6) is -1.45. The molecule has 1 aromatic heterocycles. The zero-order valence-corrected chi connectivity index (χ0v) is 16.9. The number of thiophene rings is 1. The normalized spacial score (nSPS) is 8.14. The summed E-state index contributed by atoms with van der Waals surface area (Å²) in [5, 5.41) is 9.11. The van der Waals surface area contributed by atoms with E-state index in [-0.39, 0.29) is 16.2 Å². The molecule has 0 bridgehead atoms. The number of rotatable bonds is 4. The Labute approximate surface area is 174 Å². The highest BCUT2D eigenvalue weighted by Gasteiger charge is 2.17. The predicted molar refractivity (Wildman–Crippen MR) is 108 cm³/mol. The zero-order chi connectivity index (χ0) is 20.9. The van der Waals surface area contributed by atoms with Crippen LogP contribution in [0.2, 0.25) is 0 Å². The van der Waals surface area contributed by atoms with Crippen molar-refractivity contribution < 1.29 is 29.7 Å². The first-order chi connectivity index (χ1) is 13.4. The lowest BCUT2D eigenvalue weighted by Gasteiger charge is -2.01. The molecule has 1 heterocycles. The maximum absolute atomic E-state index is 13.5. The van der Waals surface area contributed by atoms with Gasteiger partial charge in [0.2, 0.25) is 0 Å². The highest BCUT2D eigenvalue weighted by molar-refractivity contribution is 8.01. The summed E-state index contributed by atoms with van der Waals surface area (Å²) in [6, 6.07) is 4.82. The third-order valence-electron chi connectivity index (χ3n) is 2.73. The molecule has 0 aliphatic carbocycles. The maximum atomic E-state index is 13.5. The summed E-state index contributed by atoms with van der Waals surface area (Å²) in [7, 11) is 0. The molecule has 1 aromatic carbocycles. The number of nitrogens with two attached hydrogens (primary N) is 1. The molecule has 0 saturated carbocycles. The van der Waals surface area contributed by atoms with Crippen molar-refractivity contribution in [3.63, 3.8) is 0 Å². The minimum Gasteiger partial charge on any atom is -0.412 e. The Kier molecular flexibility index (Phi) is 12.5. The monoisotopic (exact) mass is 432 g/mol. The van der Waals surface area contributed by atoms with Gasteiger partial charge in [0, 0.05) is 17.0 Å². The van der Waals surface area contributed by atoms with Gasteiger partial charge in [-0.2, -0.15) is 5.48 Å². The molecule has 0 aliphatic heterocycles. The minimum atomic E-state index is -0.674. The maximum Gasteiger partial charge on any atom is 0.187 e. The number of halogens is 2. The SMILES string of the molecule is C=C=C=C=C=C=C=C=C.CC(=O)c1cc([NH2+]O)c(Sc2ccc(F)cc2F)s1.O. The van der Waals surface area contributed by atoms with Gasteiger partial charge < -0.3 is 5.48 Å². The van der Waals surface area contributed by atoms with Crippen LogP contribution in [0.25, 0.3) is 0 Å². The first kappa shape index (κ1) is 25.9. The van der Waals surface area contributed by atoms with Gasteiger partial charge in [0.15, 0.2) is 11.5 Å². The summed E-state index contributed by atoms with van der Waals surface area (Å²) in [6.07, 6.45) is 0. The number of Topliss-reactive ketones (excluding diaryl/α,β-unsaturated/α-hetero) is 1. The predicted octanol–water partition coefficient (Wildman–Crippen LogP) is 4.03. The molecule has 5 N–H and O–H groups in total. The number of benzene rings is 1. The second-order valence-corrected chi connectivity index (χ2v) is 7.06. The zero-order valence-electron chi connectivity index (χ0n) is 15.2. The molecule has 4 nitrogen and oxygen atoms in total. The third kappa shape index (κ3) is 9.08. The number of ketones is 1. The van der Waals surface area contributed by atoms with Crippen molar-refractivity contribution in [1.82, 2.24) is 0 Å². The van der Waals surface area contributed by atoms with E-state index in [4.69, 9.17) is 5.21 Å². The standard InChI is InChI=1S/C12H9F2NO2S2.C9H4.H2O/c1-6(16)11-5-9(15-17)12(19-11)18-10-3-2-7(13)4-8(10)14;1-3-5-7-9-8-6-4-2;/h2-5,15,17H,1H3;1-2H2;1H2/p+1. The van der Waals surface area contributed by atoms with E-state index in [2.05, 4.69) is 53.3 Å². The average molecular weight is 432 g/mol. The van der Waals surface area contributed by atoms with Crippen molar-refractivity contribution in [1.29, 1.82) is 0 Å². The fourth-order valence-corrected chi connectivity index (χ4v) is 3.76. The van der Waals surface area contributed by atoms with Gasteiger partial charge in [-0.05, 0) is 60.9 Å². The summed E-state index contributed by atoms with van der Waals surface area (Å²) >= 11 is 2.21. The summed E-state index contributed by atoms with van der Waals surface area (Å²) in [5.41, 5.74) is 18.3. The average Bonchev–Trinajstić information content (AvgIpc) is 3.08. The van der Waals surface area contributed by atoms with Gasteiger partial charge in [-0.25, -0.2) is 14.0 Å². The molecule has 29 heavy (non-hydrogen) atoms. The molecule has 2 rings (SSSR count). The molecule has 0 amide bonds. The fourth-order valence-electron chi connectivity index (χ4n) is 1.57. The third-order valence-corrected chi connectivity index (χ3v) is 5.25. The number of quaternary nitrogens is 1. The Bertz CT molecular complexity index is 1100. The van der Waals surface area contributed by atoms with Gasteiger partial charge in [-0.1, -0.05) is 23.2 Å². The molecule has 148 valence electrons. The molecule has 0 aliphatic rings. The molecule has 0 fully saturated rings. The van der Waals surface area contributed by atoms with E-state index < -0.39 is 11.6 Å². The van der Waals surface area contributed by atoms with Crippen LogP contribution in [0.5, 0.6) is 0 Å².